The second-order valence-corrected chi connectivity index (χ2v) is 5.32. The van der Waals surface area contributed by atoms with Gasteiger partial charge < -0.3 is 14.5 Å². The Balaban J connectivity index is 2.29. The Kier molecular flexibility index (Phi) is 5.16. The molecule has 2 aromatic rings. The molecule has 0 aliphatic carbocycles. The van der Waals surface area contributed by atoms with Crippen molar-refractivity contribution in [2.75, 3.05) is 7.11 Å². The normalized spacial score (nSPS) is 13.2. The Bertz CT molecular complexity index is 694. The van der Waals surface area contributed by atoms with E-state index in [1.807, 2.05) is 30.3 Å². The minimum Gasteiger partial charge on any atom is -0.469 e. The zero-order valence-electron chi connectivity index (χ0n) is 13.6. The standard InChI is InChI=1S/C17H20N2O4/c1-10(17(21)22-4)14(13-8-6-5-7-9-13)19-16(20)15-11(2)18-12(3)23-15/h5-10,14H,1-4H3,(H,19,20)/t10-,14+/m1/s1. The second kappa shape index (κ2) is 7.09. The van der Waals surface area contributed by atoms with Crippen molar-refractivity contribution < 1.29 is 18.7 Å². The zero-order chi connectivity index (χ0) is 17.0. The Labute approximate surface area is 134 Å². The van der Waals surface area contributed by atoms with Crippen LogP contribution in [0.1, 0.15) is 40.7 Å². The highest BCUT2D eigenvalue weighted by Gasteiger charge is 2.29. The van der Waals surface area contributed by atoms with Gasteiger partial charge in [0.2, 0.25) is 5.76 Å². The summed E-state index contributed by atoms with van der Waals surface area (Å²) < 4.78 is 10.1. The predicted molar refractivity (Wildman–Crippen MR) is 83.8 cm³/mol. The largest absolute Gasteiger partial charge is 0.469 e. The van der Waals surface area contributed by atoms with Crippen molar-refractivity contribution in [3.8, 4) is 0 Å². The molecule has 122 valence electrons. The molecule has 6 nitrogen and oxygen atoms in total. The van der Waals surface area contributed by atoms with Crippen LogP contribution >= 0.6 is 0 Å². The van der Waals surface area contributed by atoms with Gasteiger partial charge in [-0.05, 0) is 19.4 Å². The van der Waals surface area contributed by atoms with E-state index in [0.29, 0.717) is 11.6 Å². The summed E-state index contributed by atoms with van der Waals surface area (Å²) in [5.41, 5.74) is 1.32. The molecule has 0 bridgehead atoms. The molecule has 0 radical (unpaired) electrons. The summed E-state index contributed by atoms with van der Waals surface area (Å²) in [6, 6.07) is 8.74. The van der Waals surface area contributed by atoms with E-state index < -0.39 is 23.8 Å². The maximum absolute atomic E-state index is 12.5. The summed E-state index contributed by atoms with van der Waals surface area (Å²) in [7, 11) is 1.33. The van der Waals surface area contributed by atoms with E-state index >= 15 is 0 Å². The van der Waals surface area contributed by atoms with Gasteiger partial charge in [0.25, 0.3) is 5.91 Å². The molecule has 2 rings (SSSR count). The number of esters is 1. The van der Waals surface area contributed by atoms with E-state index in [4.69, 9.17) is 9.15 Å². The van der Waals surface area contributed by atoms with Crippen LogP contribution in [0.15, 0.2) is 34.7 Å². The summed E-state index contributed by atoms with van der Waals surface area (Å²) in [5, 5.41) is 2.85. The molecule has 2 atom stereocenters. The van der Waals surface area contributed by atoms with Gasteiger partial charge in [-0.25, -0.2) is 4.98 Å². The molecule has 0 fully saturated rings. The molecule has 6 heteroatoms. The fourth-order valence-corrected chi connectivity index (χ4v) is 2.43. The van der Waals surface area contributed by atoms with Crippen molar-refractivity contribution in [1.29, 1.82) is 0 Å². The van der Waals surface area contributed by atoms with Crippen molar-refractivity contribution in [1.82, 2.24) is 10.3 Å². The lowest BCUT2D eigenvalue weighted by molar-refractivity contribution is -0.145. The Morgan fingerprint density at radius 3 is 2.39 bits per heavy atom. The number of hydrogen-bond donors (Lipinski definition) is 1. The van der Waals surface area contributed by atoms with Crippen LogP contribution in [0.4, 0.5) is 0 Å². The van der Waals surface area contributed by atoms with Gasteiger partial charge in [0.05, 0.1) is 24.8 Å². The molecule has 1 aromatic carbocycles. The van der Waals surface area contributed by atoms with Crippen molar-refractivity contribution >= 4 is 11.9 Å². The third-order valence-corrected chi connectivity index (χ3v) is 3.63. The molecule has 0 saturated carbocycles. The maximum Gasteiger partial charge on any atom is 0.310 e. The molecule has 1 N–H and O–H groups in total. The van der Waals surface area contributed by atoms with Gasteiger partial charge in [-0.3, -0.25) is 9.59 Å². The topological polar surface area (TPSA) is 81.4 Å². The first kappa shape index (κ1) is 16.7. The highest BCUT2D eigenvalue weighted by molar-refractivity contribution is 5.93. The molecular formula is C17H20N2O4. The highest BCUT2D eigenvalue weighted by atomic mass is 16.5. The number of hydrogen-bond acceptors (Lipinski definition) is 5. The lowest BCUT2D eigenvalue weighted by Gasteiger charge is -2.23. The number of oxazole rings is 1. The molecule has 0 spiro atoms. The summed E-state index contributed by atoms with van der Waals surface area (Å²) in [6.45, 7) is 5.09. The number of ether oxygens (including phenoxy) is 1. The average Bonchev–Trinajstić information content (AvgIpc) is 2.90. The minimum absolute atomic E-state index is 0.153. The van der Waals surface area contributed by atoms with E-state index in [9.17, 15) is 9.59 Å². The van der Waals surface area contributed by atoms with Crippen molar-refractivity contribution in [2.45, 2.75) is 26.8 Å². The Morgan fingerprint density at radius 2 is 1.87 bits per heavy atom. The van der Waals surface area contributed by atoms with Crippen molar-refractivity contribution in [3.63, 3.8) is 0 Å². The van der Waals surface area contributed by atoms with Gasteiger partial charge >= 0.3 is 5.97 Å². The lowest BCUT2D eigenvalue weighted by atomic mass is 9.94. The summed E-state index contributed by atoms with van der Waals surface area (Å²) in [5.74, 6) is -0.779. The number of carbonyl (C=O) groups excluding carboxylic acids is 2. The molecule has 1 amide bonds. The Hall–Kier alpha value is -2.63. The van der Waals surface area contributed by atoms with E-state index in [2.05, 4.69) is 10.3 Å². The molecule has 1 aromatic heterocycles. The van der Waals surface area contributed by atoms with Crippen molar-refractivity contribution in [2.24, 2.45) is 5.92 Å². The van der Waals surface area contributed by atoms with E-state index in [0.717, 1.165) is 5.56 Å². The van der Waals surface area contributed by atoms with Gasteiger partial charge in [0, 0.05) is 6.92 Å². The number of methoxy groups -OCH3 is 1. The van der Waals surface area contributed by atoms with Gasteiger partial charge in [0.15, 0.2) is 5.89 Å². The third kappa shape index (κ3) is 3.77. The van der Waals surface area contributed by atoms with Crippen LogP contribution < -0.4 is 5.32 Å². The predicted octanol–water partition coefficient (Wildman–Crippen LogP) is 2.57. The van der Waals surface area contributed by atoms with Gasteiger partial charge in [0.1, 0.15) is 0 Å². The van der Waals surface area contributed by atoms with Gasteiger partial charge in [-0.1, -0.05) is 30.3 Å². The highest BCUT2D eigenvalue weighted by Crippen LogP contribution is 2.24. The fourth-order valence-electron chi connectivity index (χ4n) is 2.43. The molecule has 0 aliphatic heterocycles. The number of nitrogens with zero attached hydrogens (tertiary/aromatic N) is 1. The minimum atomic E-state index is -0.546. The first-order valence-electron chi connectivity index (χ1n) is 7.31. The van der Waals surface area contributed by atoms with Crippen LogP contribution in [-0.4, -0.2) is 24.0 Å². The van der Waals surface area contributed by atoms with E-state index in [1.165, 1.54) is 7.11 Å². The molecule has 23 heavy (non-hydrogen) atoms. The molecule has 0 saturated heterocycles. The van der Waals surface area contributed by atoms with Gasteiger partial charge in [-0.15, -0.1) is 0 Å². The zero-order valence-corrected chi connectivity index (χ0v) is 13.6. The number of benzene rings is 1. The number of amides is 1. The first-order valence-corrected chi connectivity index (χ1v) is 7.31. The van der Waals surface area contributed by atoms with Crippen LogP contribution in [0.5, 0.6) is 0 Å². The van der Waals surface area contributed by atoms with Crippen molar-refractivity contribution in [3.05, 3.63) is 53.2 Å². The monoisotopic (exact) mass is 316 g/mol. The molecule has 0 unspecified atom stereocenters. The lowest BCUT2D eigenvalue weighted by Crippen LogP contribution is -2.36. The first-order chi connectivity index (χ1) is 10.9. The average molecular weight is 316 g/mol. The third-order valence-electron chi connectivity index (χ3n) is 3.63. The number of aryl methyl sites for hydroxylation is 2. The van der Waals surface area contributed by atoms with Gasteiger partial charge in [-0.2, -0.15) is 0 Å². The fraction of sp³-hybridized carbons (Fsp3) is 0.353. The quantitative estimate of drug-likeness (QED) is 0.857. The number of nitrogens with one attached hydrogen (secondary N) is 1. The smallest absolute Gasteiger partial charge is 0.310 e. The SMILES string of the molecule is COC(=O)[C@H](C)[C@H](NC(=O)c1oc(C)nc1C)c1ccccc1. The summed E-state index contributed by atoms with van der Waals surface area (Å²) in [4.78, 5) is 28.5. The molecular weight excluding hydrogens is 296 g/mol. The van der Waals surface area contributed by atoms with Crippen LogP contribution in [0.3, 0.4) is 0 Å². The van der Waals surface area contributed by atoms with E-state index in [1.54, 1.807) is 20.8 Å². The number of carbonyl (C=O) groups is 2. The summed E-state index contributed by atoms with van der Waals surface area (Å²) in [6.07, 6.45) is 0. The summed E-state index contributed by atoms with van der Waals surface area (Å²) >= 11 is 0. The maximum atomic E-state index is 12.5. The number of aromatic nitrogens is 1. The molecule has 1 heterocycles. The van der Waals surface area contributed by atoms with E-state index in [-0.39, 0.29) is 5.76 Å². The van der Waals surface area contributed by atoms with Crippen LogP contribution in [-0.2, 0) is 9.53 Å². The van der Waals surface area contributed by atoms with Crippen LogP contribution in [0.2, 0.25) is 0 Å². The second-order valence-electron chi connectivity index (χ2n) is 5.32. The Morgan fingerprint density at radius 1 is 1.22 bits per heavy atom. The number of rotatable bonds is 5. The molecule has 0 aliphatic rings. The van der Waals surface area contributed by atoms with Crippen LogP contribution in [0.25, 0.3) is 0 Å². The van der Waals surface area contributed by atoms with Crippen LogP contribution in [0, 0.1) is 19.8 Å².